The molecule has 1 aromatic heterocycles. The van der Waals surface area contributed by atoms with E-state index >= 15 is 0 Å². The number of carbonyl (C=O) groups is 1. The van der Waals surface area contributed by atoms with Gasteiger partial charge in [-0.05, 0) is 30.5 Å². The zero-order valence-corrected chi connectivity index (χ0v) is 17.0. The van der Waals surface area contributed by atoms with Crippen molar-refractivity contribution in [2.45, 2.75) is 25.8 Å². The Morgan fingerprint density at radius 3 is 2.45 bits per heavy atom. The van der Waals surface area contributed by atoms with Crippen molar-refractivity contribution < 1.29 is 4.79 Å². The lowest BCUT2D eigenvalue weighted by Crippen LogP contribution is -2.30. The molecule has 0 radical (unpaired) electrons. The lowest BCUT2D eigenvalue weighted by molar-refractivity contribution is -0.129. The minimum absolute atomic E-state index is 0.0162. The lowest BCUT2D eigenvalue weighted by Gasteiger charge is -2.24. The number of fused-ring (bicyclic) bond motifs is 1. The van der Waals surface area contributed by atoms with E-state index in [2.05, 4.69) is 28.2 Å². The maximum absolute atomic E-state index is 13.0. The first kappa shape index (κ1) is 19.2. The second kappa shape index (κ2) is 8.07. The highest BCUT2D eigenvalue weighted by Crippen LogP contribution is 2.25. The van der Waals surface area contributed by atoms with Crippen molar-refractivity contribution in [3.63, 3.8) is 0 Å². The molecule has 6 heteroatoms. The quantitative estimate of drug-likeness (QED) is 0.672. The Morgan fingerprint density at radius 2 is 1.69 bits per heavy atom. The second-order valence-corrected chi connectivity index (χ2v) is 7.67. The predicted octanol–water partition coefficient (Wildman–Crippen LogP) is 2.73. The van der Waals surface area contributed by atoms with Crippen molar-refractivity contribution in [1.82, 2.24) is 14.7 Å². The van der Waals surface area contributed by atoms with Crippen LogP contribution in [0.25, 0.3) is 10.8 Å². The smallest absolute Gasteiger partial charge is 0.274 e. The number of hydrogen-bond donors (Lipinski definition) is 0. The molecule has 2 heterocycles. The third-order valence-electron chi connectivity index (χ3n) is 5.62. The van der Waals surface area contributed by atoms with Crippen LogP contribution in [0.2, 0.25) is 0 Å². The fourth-order valence-electron chi connectivity index (χ4n) is 4.04. The van der Waals surface area contributed by atoms with E-state index in [1.54, 1.807) is 18.0 Å². The highest BCUT2D eigenvalue weighted by molar-refractivity contribution is 5.88. The molecular weight excluding hydrogens is 364 g/mol. The maximum Gasteiger partial charge on any atom is 0.274 e. The Morgan fingerprint density at radius 1 is 1.03 bits per heavy atom. The third-order valence-corrected chi connectivity index (χ3v) is 5.62. The number of nitrogens with zero attached hydrogens (tertiary/aromatic N) is 4. The van der Waals surface area contributed by atoms with Crippen molar-refractivity contribution in [1.29, 1.82) is 0 Å². The second-order valence-electron chi connectivity index (χ2n) is 7.67. The summed E-state index contributed by atoms with van der Waals surface area (Å²) in [6, 6.07) is 15.6. The molecule has 0 spiro atoms. The van der Waals surface area contributed by atoms with E-state index in [0.29, 0.717) is 17.6 Å². The predicted molar refractivity (Wildman–Crippen MR) is 115 cm³/mol. The summed E-state index contributed by atoms with van der Waals surface area (Å²) in [4.78, 5) is 29.4. The molecule has 0 saturated carbocycles. The normalized spacial score (nSPS) is 13.8. The van der Waals surface area contributed by atoms with Crippen LogP contribution in [0.1, 0.15) is 24.1 Å². The van der Waals surface area contributed by atoms with Crippen LogP contribution in [-0.4, -0.2) is 40.7 Å². The number of aromatic nitrogens is 2. The molecule has 0 bridgehead atoms. The van der Waals surface area contributed by atoms with Crippen molar-refractivity contribution in [3.05, 3.63) is 70.1 Å². The van der Waals surface area contributed by atoms with Gasteiger partial charge in [0.15, 0.2) is 0 Å². The van der Waals surface area contributed by atoms with Crippen molar-refractivity contribution in [3.8, 4) is 0 Å². The van der Waals surface area contributed by atoms with Gasteiger partial charge in [-0.25, -0.2) is 4.68 Å². The van der Waals surface area contributed by atoms with Gasteiger partial charge < -0.3 is 9.80 Å². The van der Waals surface area contributed by atoms with Gasteiger partial charge in [0.25, 0.3) is 5.56 Å². The van der Waals surface area contributed by atoms with Crippen LogP contribution >= 0.6 is 0 Å². The molecule has 1 saturated heterocycles. The number of amides is 1. The molecule has 4 rings (SSSR count). The van der Waals surface area contributed by atoms with Gasteiger partial charge in [-0.2, -0.15) is 5.10 Å². The molecule has 1 aliphatic rings. The molecule has 1 amide bonds. The number of hydrogen-bond acceptors (Lipinski definition) is 4. The van der Waals surface area contributed by atoms with Crippen molar-refractivity contribution in [2.75, 3.05) is 25.0 Å². The molecule has 1 fully saturated rings. The zero-order chi connectivity index (χ0) is 20.4. The van der Waals surface area contributed by atoms with E-state index in [1.165, 1.54) is 23.2 Å². The number of carbonyl (C=O) groups excluding carboxylic acids is 1. The third kappa shape index (κ3) is 3.88. The molecule has 29 heavy (non-hydrogen) atoms. The van der Waals surface area contributed by atoms with Gasteiger partial charge in [0.1, 0.15) is 0 Å². The fraction of sp³-hybridized carbons (Fsp3) is 0.348. The van der Waals surface area contributed by atoms with E-state index in [9.17, 15) is 9.59 Å². The molecule has 2 aromatic carbocycles. The SMILES string of the molecule is CN(Cc1ccccc1N1CCCC1)C(=O)Cc1nn(C)c(=O)c2ccccc12. The molecule has 150 valence electrons. The van der Waals surface area contributed by atoms with E-state index in [1.807, 2.05) is 31.3 Å². The minimum Gasteiger partial charge on any atom is -0.371 e. The molecule has 1 aliphatic heterocycles. The average molecular weight is 390 g/mol. The fourth-order valence-corrected chi connectivity index (χ4v) is 4.04. The van der Waals surface area contributed by atoms with Gasteiger partial charge in [-0.1, -0.05) is 36.4 Å². The Labute approximate surface area is 170 Å². The molecule has 0 N–H and O–H groups in total. The highest BCUT2D eigenvalue weighted by Gasteiger charge is 2.19. The monoisotopic (exact) mass is 390 g/mol. The minimum atomic E-state index is -0.148. The topological polar surface area (TPSA) is 58.4 Å². The van der Waals surface area contributed by atoms with Gasteiger partial charge in [0, 0.05) is 44.8 Å². The van der Waals surface area contributed by atoms with E-state index in [0.717, 1.165) is 24.0 Å². The summed E-state index contributed by atoms with van der Waals surface area (Å²) in [5.41, 5.74) is 2.86. The van der Waals surface area contributed by atoms with E-state index in [4.69, 9.17) is 0 Å². The van der Waals surface area contributed by atoms with Gasteiger partial charge in [-0.3, -0.25) is 9.59 Å². The van der Waals surface area contributed by atoms with Crippen LogP contribution in [0.3, 0.4) is 0 Å². The summed E-state index contributed by atoms with van der Waals surface area (Å²) >= 11 is 0. The van der Waals surface area contributed by atoms with Crippen LogP contribution in [-0.2, 0) is 24.8 Å². The highest BCUT2D eigenvalue weighted by atomic mass is 16.2. The van der Waals surface area contributed by atoms with Crippen LogP contribution in [0, 0.1) is 0 Å². The summed E-state index contributed by atoms with van der Waals surface area (Å²) in [6.45, 7) is 2.69. The largest absolute Gasteiger partial charge is 0.371 e. The van der Waals surface area contributed by atoms with Gasteiger partial charge >= 0.3 is 0 Å². The first-order valence-corrected chi connectivity index (χ1v) is 10.1. The van der Waals surface area contributed by atoms with Crippen LogP contribution in [0.4, 0.5) is 5.69 Å². The Bertz CT molecular complexity index is 1100. The standard InChI is InChI=1S/C23H26N4O2/c1-25(16-17-9-3-6-12-21(17)27-13-7-8-14-27)22(28)15-20-18-10-4-5-11-19(18)23(29)26(2)24-20/h3-6,9-12H,7-8,13-16H2,1-2H3. The van der Waals surface area contributed by atoms with Crippen LogP contribution in [0.5, 0.6) is 0 Å². The van der Waals surface area contributed by atoms with Crippen LogP contribution in [0.15, 0.2) is 53.3 Å². The molecule has 6 nitrogen and oxygen atoms in total. The Balaban J connectivity index is 1.55. The summed E-state index contributed by atoms with van der Waals surface area (Å²) in [7, 11) is 3.45. The molecule has 0 aliphatic carbocycles. The number of para-hydroxylation sites is 1. The summed E-state index contributed by atoms with van der Waals surface area (Å²) in [6.07, 6.45) is 2.60. The molecule has 0 atom stereocenters. The number of anilines is 1. The van der Waals surface area contributed by atoms with Gasteiger partial charge in [0.05, 0.1) is 17.5 Å². The summed E-state index contributed by atoms with van der Waals surface area (Å²) in [5.74, 6) is -0.0162. The molecule has 3 aromatic rings. The first-order valence-electron chi connectivity index (χ1n) is 10.1. The number of aryl methyl sites for hydroxylation is 1. The van der Waals surface area contributed by atoms with Gasteiger partial charge in [0.2, 0.25) is 5.91 Å². The van der Waals surface area contributed by atoms with Crippen molar-refractivity contribution >= 4 is 22.4 Å². The van der Waals surface area contributed by atoms with Crippen LogP contribution < -0.4 is 10.5 Å². The summed E-state index contributed by atoms with van der Waals surface area (Å²) in [5, 5.41) is 5.70. The average Bonchev–Trinajstić information content (AvgIpc) is 3.27. The molecule has 0 unspecified atom stereocenters. The van der Waals surface area contributed by atoms with Crippen molar-refractivity contribution in [2.24, 2.45) is 7.05 Å². The number of rotatable bonds is 5. The number of likely N-dealkylation sites (N-methyl/N-ethyl adjacent to an activating group) is 1. The zero-order valence-electron chi connectivity index (χ0n) is 17.0. The van der Waals surface area contributed by atoms with E-state index < -0.39 is 0 Å². The Kier molecular flexibility index (Phi) is 5.34. The Hall–Kier alpha value is -3.15. The first-order chi connectivity index (χ1) is 14.0. The lowest BCUT2D eigenvalue weighted by atomic mass is 10.1. The molecular formula is C23H26N4O2. The number of benzene rings is 2. The summed E-state index contributed by atoms with van der Waals surface area (Å²) < 4.78 is 1.31. The van der Waals surface area contributed by atoms with E-state index in [-0.39, 0.29) is 17.9 Å². The maximum atomic E-state index is 13.0. The van der Waals surface area contributed by atoms with Gasteiger partial charge in [-0.15, -0.1) is 0 Å².